The molecule has 0 spiro atoms. The number of sulfone groups is 1. The Morgan fingerprint density at radius 3 is 2.47 bits per heavy atom. The topological polar surface area (TPSA) is 54.4 Å². The molecule has 1 aromatic carbocycles. The Morgan fingerprint density at radius 1 is 1.41 bits per heavy atom. The van der Waals surface area contributed by atoms with Crippen molar-refractivity contribution in [2.75, 3.05) is 12.4 Å². The molecule has 0 aliphatic heterocycles. The minimum absolute atomic E-state index is 0.0389. The zero-order chi connectivity index (χ0) is 12.7. The Hall–Kier alpha value is -0.580. The summed E-state index contributed by atoms with van der Waals surface area (Å²) in [5, 5.41) is 9.57. The highest BCUT2D eigenvalue weighted by molar-refractivity contribution is 7.91. The summed E-state index contributed by atoms with van der Waals surface area (Å²) in [6, 6.07) is 4.98. The molecule has 0 atom stereocenters. The average Bonchev–Trinajstić information content (AvgIpc) is 3.09. The van der Waals surface area contributed by atoms with Gasteiger partial charge in [0.05, 0.1) is 22.3 Å². The van der Waals surface area contributed by atoms with Crippen molar-refractivity contribution >= 4 is 21.4 Å². The zero-order valence-corrected chi connectivity index (χ0v) is 11.2. The molecule has 1 aliphatic carbocycles. The third-order valence-electron chi connectivity index (χ3n) is 3.42. The van der Waals surface area contributed by atoms with Gasteiger partial charge in [0.25, 0.3) is 0 Å². The molecule has 3 nitrogen and oxygen atoms in total. The molecule has 0 bridgehead atoms. The Morgan fingerprint density at radius 2 is 2.06 bits per heavy atom. The summed E-state index contributed by atoms with van der Waals surface area (Å²) in [6.07, 6.45) is 1.86. The highest BCUT2D eigenvalue weighted by atomic mass is 35.5. The Kier molecular flexibility index (Phi) is 3.23. The third kappa shape index (κ3) is 2.21. The summed E-state index contributed by atoms with van der Waals surface area (Å²) in [6.45, 7) is 1.68. The Bertz CT molecular complexity index is 533. The second-order valence-corrected chi connectivity index (χ2v) is 7.14. The molecule has 0 aromatic heterocycles. The Balaban J connectivity index is 2.43. The molecule has 1 aromatic rings. The monoisotopic (exact) mass is 274 g/mol. The predicted octanol–water partition coefficient (Wildman–Crippen LogP) is 2.16. The number of aliphatic hydroxyl groups excluding tert-OH is 1. The van der Waals surface area contributed by atoms with Crippen molar-refractivity contribution in [3.8, 4) is 0 Å². The van der Waals surface area contributed by atoms with Crippen LogP contribution in [0.3, 0.4) is 0 Å². The van der Waals surface area contributed by atoms with Gasteiger partial charge in [0.2, 0.25) is 0 Å². The maximum atomic E-state index is 11.7. The fraction of sp³-hybridized carbons (Fsp3) is 0.500. The molecule has 1 fully saturated rings. The quantitative estimate of drug-likeness (QED) is 0.915. The highest BCUT2D eigenvalue weighted by Crippen LogP contribution is 2.48. The van der Waals surface area contributed by atoms with Crippen LogP contribution in [0.15, 0.2) is 23.1 Å². The highest BCUT2D eigenvalue weighted by Gasteiger charge is 2.43. The van der Waals surface area contributed by atoms with Crippen molar-refractivity contribution in [2.24, 2.45) is 0 Å². The van der Waals surface area contributed by atoms with Crippen molar-refractivity contribution in [1.29, 1.82) is 0 Å². The lowest BCUT2D eigenvalue weighted by Gasteiger charge is -2.14. The van der Waals surface area contributed by atoms with Crippen molar-refractivity contribution in [3.63, 3.8) is 0 Å². The number of aliphatic hydroxyl groups is 1. The molecule has 2 rings (SSSR count). The molecule has 0 heterocycles. The number of hydrogen-bond donors (Lipinski definition) is 1. The van der Waals surface area contributed by atoms with Crippen LogP contribution in [-0.4, -0.2) is 25.9 Å². The van der Waals surface area contributed by atoms with Crippen LogP contribution in [0.1, 0.15) is 25.3 Å². The SMILES string of the molecule is CCS(=O)(=O)c1ccc(C2(CO)CC2)cc1Cl. The van der Waals surface area contributed by atoms with Crippen molar-refractivity contribution in [3.05, 3.63) is 28.8 Å². The first kappa shape index (κ1) is 12.9. The van der Waals surface area contributed by atoms with Crippen molar-refractivity contribution < 1.29 is 13.5 Å². The first-order valence-electron chi connectivity index (χ1n) is 5.59. The van der Waals surface area contributed by atoms with Gasteiger partial charge in [0, 0.05) is 5.41 Å². The van der Waals surface area contributed by atoms with Crippen LogP contribution in [0.5, 0.6) is 0 Å². The van der Waals surface area contributed by atoms with Gasteiger partial charge in [-0.3, -0.25) is 0 Å². The summed E-state index contributed by atoms with van der Waals surface area (Å²) in [5.74, 6) is 0.0389. The van der Waals surface area contributed by atoms with Gasteiger partial charge >= 0.3 is 0 Å². The van der Waals surface area contributed by atoms with E-state index in [2.05, 4.69) is 0 Å². The van der Waals surface area contributed by atoms with E-state index >= 15 is 0 Å². The summed E-state index contributed by atoms with van der Waals surface area (Å²) in [5.41, 5.74) is 0.748. The fourth-order valence-electron chi connectivity index (χ4n) is 1.93. The molecule has 0 saturated heterocycles. The molecule has 94 valence electrons. The van der Waals surface area contributed by atoms with E-state index in [1.165, 1.54) is 0 Å². The van der Waals surface area contributed by atoms with E-state index in [1.807, 2.05) is 0 Å². The van der Waals surface area contributed by atoms with Gasteiger partial charge < -0.3 is 5.11 Å². The van der Waals surface area contributed by atoms with Gasteiger partial charge in [-0.05, 0) is 30.5 Å². The lowest BCUT2D eigenvalue weighted by molar-refractivity contribution is 0.255. The van der Waals surface area contributed by atoms with E-state index in [4.69, 9.17) is 11.6 Å². The second-order valence-electron chi connectivity index (χ2n) is 4.49. The molecule has 1 aliphatic rings. The van der Waals surface area contributed by atoms with Crippen LogP contribution in [0.2, 0.25) is 5.02 Å². The normalized spacial score (nSPS) is 18.1. The molecular weight excluding hydrogens is 260 g/mol. The van der Waals surface area contributed by atoms with Crippen LogP contribution in [0, 0.1) is 0 Å². The maximum Gasteiger partial charge on any atom is 0.179 e. The molecule has 0 amide bonds. The van der Waals surface area contributed by atoms with Gasteiger partial charge in [-0.15, -0.1) is 0 Å². The molecule has 0 radical (unpaired) electrons. The molecular formula is C12H15ClO3S. The second kappa shape index (κ2) is 4.26. The molecule has 0 unspecified atom stereocenters. The lowest BCUT2D eigenvalue weighted by atomic mass is 9.97. The smallest absolute Gasteiger partial charge is 0.179 e. The van der Waals surface area contributed by atoms with Crippen LogP contribution in [0.25, 0.3) is 0 Å². The van der Waals surface area contributed by atoms with Crippen LogP contribution < -0.4 is 0 Å². The number of rotatable bonds is 4. The molecule has 5 heteroatoms. The largest absolute Gasteiger partial charge is 0.395 e. The summed E-state index contributed by atoms with van der Waals surface area (Å²) >= 11 is 6.02. The van der Waals surface area contributed by atoms with Gasteiger partial charge in [-0.1, -0.05) is 24.6 Å². The number of halogens is 1. The van der Waals surface area contributed by atoms with Gasteiger partial charge in [-0.2, -0.15) is 0 Å². The van der Waals surface area contributed by atoms with Crippen LogP contribution in [-0.2, 0) is 15.3 Å². The molecule has 17 heavy (non-hydrogen) atoms. The van der Waals surface area contributed by atoms with Crippen molar-refractivity contribution in [2.45, 2.75) is 30.1 Å². The van der Waals surface area contributed by atoms with E-state index in [0.29, 0.717) is 0 Å². The van der Waals surface area contributed by atoms with Gasteiger partial charge in [0.1, 0.15) is 0 Å². The first-order valence-corrected chi connectivity index (χ1v) is 7.62. The average molecular weight is 275 g/mol. The number of hydrogen-bond acceptors (Lipinski definition) is 3. The standard InChI is InChI=1S/C12H15ClO3S/c1-2-17(15,16)11-4-3-9(7-10(11)13)12(8-14)5-6-12/h3-4,7,14H,2,5-6,8H2,1H3. The summed E-state index contributed by atoms with van der Waals surface area (Å²) < 4.78 is 23.5. The van der Waals surface area contributed by atoms with Gasteiger partial charge in [0.15, 0.2) is 9.84 Å². The van der Waals surface area contributed by atoms with Crippen LogP contribution >= 0.6 is 11.6 Å². The van der Waals surface area contributed by atoms with E-state index in [-0.39, 0.29) is 27.7 Å². The number of benzene rings is 1. The van der Waals surface area contributed by atoms with E-state index in [1.54, 1.807) is 25.1 Å². The third-order valence-corrected chi connectivity index (χ3v) is 5.63. The summed E-state index contributed by atoms with van der Waals surface area (Å²) in [4.78, 5) is 0.180. The van der Waals surface area contributed by atoms with Crippen molar-refractivity contribution in [1.82, 2.24) is 0 Å². The minimum atomic E-state index is -3.27. The fourth-order valence-corrected chi connectivity index (χ4v) is 3.40. The van der Waals surface area contributed by atoms with E-state index in [0.717, 1.165) is 18.4 Å². The first-order chi connectivity index (χ1) is 7.95. The maximum absolute atomic E-state index is 11.7. The molecule has 1 N–H and O–H groups in total. The lowest BCUT2D eigenvalue weighted by Crippen LogP contribution is -2.12. The van der Waals surface area contributed by atoms with E-state index in [9.17, 15) is 13.5 Å². The minimum Gasteiger partial charge on any atom is -0.395 e. The van der Waals surface area contributed by atoms with Crippen LogP contribution in [0.4, 0.5) is 0 Å². The summed E-state index contributed by atoms with van der Waals surface area (Å²) in [7, 11) is -3.27. The zero-order valence-electron chi connectivity index (χ0n) is 9.61. The predicted molar refractivity (Wildman–Crippen MR) is 67.2 cm³/mol. The Labute approximate surface area is 106 Å². The van der Waals surface area contributed by atoms with Gasteiger partial charge in [-0.25, -0.2) is 8.42 Å². The molecule has 1 saturated carbocycles. The van der Waals surface area contributed by atoms with E-state index < -0.39 is 9.84 Å².